The van der Waals surface area contributed by atoms with Crippen LogP contribution in [0.4, 0.5) is 0 Å². The Bertz CT molecular complexity index is 431. The summed E-state index contributed by atoms with van der Waals surface area (Å²) in [5.74, 6) is 0.280. The Hall–Kier alpha value is -1.35. The van der Waals surface area contributed by atoms with Gasteiger partial charge in [0.2, 0.25) is 0 Å². The highest BCUT2D eigenvalue weighted by Crippen LogP contribution is 2.27. The molecule has 2 atom stereocenters. The van der Waals surface area contributed by atoms with Crippen LogP contribution in [0, 0.1) is 5.92 Å². The summed E-state index contributed by atoms with van der Waals surface area (Å²) in [6.07, 6.45) is 5.44. The third-order valence-electron chi connectivity index (χ3n) is 3.89. The van der Waals surface area contributed by atoms with E-state index in [9.17, 15) is 4.79 Å². The molecule has 1 aromatic rings. The zero-order chi connectivity index (χ0) is 13.7. The highest BCUT2D eigenvalue weighted by molar-refractivity contribution is 5.89. The van der Waals surface area contributed by atoms with Crippen LogP contribution in [0.3, 0.4) is 0 Å². The summed E-state index contributed by atoms with van der Waals surface area (Å²) >= 11 is 0. The van der Waals surface area contributed by atoms with E-state index in [0.717, 1.165) is 31.2 Å². The first kappa shape index (κ1) is 14.1. The SMILES string of the molecule is CC1CCCCC1OC(=O)c1cccc(CCN)c1. The lowest BCUT2D eigenvalue weighted by atomic mass is 9.88. The zero-order valence-electron chi connectivity index (χ0n) is 11.6. The number of benzene rings is 1. The van der Waals surface area contributed by atoms with Crippen LogP contribution >= 0.6 is 0 Å². The van der Waals surface area contributed by atoms with Crippen molar-refractivity contribution in [2.45, 2.75) is 45.1 Å². The van der Waals surface area contributed by atoms with E-state index in [1.165, 1.54) is 6.42 Å². The summed E-state index contributed by atoms with van der Waals surface area (Å²) in [4.78, 5) is 12.2. The molecule has 2 N–H and O–H groups in total. The fourth-order valence-electron chi connectivity index (χ4n) is 2.68. The quantitative estimate of drug-likeness (QED) is 0.848. The predicted molar refractivity (Wildman–Crippen MR) is 76.0 cm³/mol. The van der Waals surface area contributed by atoms with Gasteiger partial charge in [-0.2, -0.15) is 0 Å². The second kappa shape index (κ2) is 6.71. The molecule has 0 heterocycles. The van der Waals surface area contributed by atoms with Gasteiger partial charge < -0.3 is 10.5 Å². The van der Waals surface area contributed by atoms with Crippen molar-refractivity contribution in [3.63, 3.8) is 0 Å². The molecule has 3 nitrogen and oxygen atoms in total. The van der Waals surface area contributed by atoms with Crippen LogP contribution in [0.25, 0.3) is 0 Å². The van der Waals surface area contributed by atoms with Crippen LogP contribution in [0.5, 0.6) is 0 Å². The number of rotatable bonds is 4. The first-order valence-corrected chi connectivity index (χ1v) is 7.20. The highest BCUT2D eigenvalue weighted by Gasteiger charge is 2.25. The van der Waals surface area contributed by atoms with E-state index in [0.29, 0.717) is 18.0 Å². The molecule has 0 amide bonds. The van der Waals surface area contributed by atoms with Gasteiger partial charge in [-0.3, -0.25) is 0 Å². The summed E-state index contributed by atoms with van der Waals surface area (Å²) < 4.78 is 5.65. The molecular formula is C16H23NO2. The average molecular weight is 261 g/mol. The minimum atomic E-state index is -0.197. The Balaban J connectivity index is 2.00. The van der Waals surface area contributed by atoms with Crippen LogP contribution in [0.2, 0.25) is 0 Å². The molecule has 2 rings (SSSR count). The summed E-state index contributed by atoms with van der Waals surface area (Å²) in [6.45, 7) is 2.76. The summed E-state index contributed by atoms with van der Waals surface area (Å²) in [6, 6.07) is 7.59. The van der Waals surface area contributed by atoms with E-state index in [1.54, 1.807) is 0 Å². The first-order valence-electron chi connectivity index (χ1n) is 7.20. The minimum Gasteiger partial charge on any atom is -0.459 e. The van der Waals surface area contributed by atoms with Crippen molar-refractivity contribution in [3.8, 4) is 0 Å². The Morgan fingerprint density at radius 2 is 2.16 bits per heavy atom. The predicted octanol–water partition coefficient (Wildman–Crippen LogP) is 2.92. The summed E-state index contributed by atoms with van der Waals surface area (Å²) in [7, 11) is 0. The van der Waals surface area contributed by atoms with Gasteiger partial charge in [-0.15, -0.1) is 0 Å². The van der Waals surface area contributed by atoms with Crippen molar-refractivity contribution < 1.29 is 9.53 Å². The molecular weight excluding hydrogens is 238 g/mol. The number of nitrogens with two attached hydrogens (primary N) is 1. The lowest BCUT2D eigenvalue weighted by Gasteiger charge is -2.28. The van der Waals surface area contributed by atoms with Crippen molar-refractivity contribution in [3.05, 3.63) is 35.4 Å². The van der Waals surface area contributed by atoms with Gasteiger partial charge in [0.25, 0.3) is 0 Å². The second-order valence-corrected chi connectivity index (χ2v) is 5.44. The smallest absolute Gasteiger partial charge is 0.338 e. The fourth-order valence-corrected chi connectivity index (χ4v) is 2.68. The molecule has 3 heteroatoms. The van der Waals surface area contributed by atoms with Gasteiger partial charge in [0.05, 0.1) is 5.56 Å². The van der Waals surface area contributed by atoms with Crippen molar-refractivity contribution in [2.75, 3.05) is 6.54 Å². The van der Waals surface area contributed by atoms with Crippen molar-refractivity contribution >= 4 is 5.97 Å². The molecule has 0 aliphatic heterocycles. The van der Waals surface area contributed by atoms with E-state index in [4.69, 9.17) is 10.5 Å². The van der Waals surface area contributed by atoms with Crippen LogP contribution in [-0.4, -0.2) is 18.6 Å². The molecule has 1 fully saturated rings. The largest absolute Gasteiger partial charge is 0.459 e. The molecule has 19 heavy (non-hydrogen) atoms. The van der Waals surface area contributed by atoms with E-state index in [1.807, 2.05) is 24.3 Å². The Morgan fingerprint density at radius 3 is 2.89 bits per heavy atom. The summed E-state index contributed by atoms with van der Waals surface area (Å²) in [5.41, 5.74) is 7.27. The maximum absolute atomic E-state index is 12.2. The monoisotopic (exact) mass is 261 g/mol. The molecule has 1 aromatic carbocycles. The number of ether oxygens (including phenoxy) is 1. The van der Waals surface area contributed by atoms with Gasteiger partial charge in [-0.25, -0.2) is 4.79 Å². The topological polar surface area (TPSA) is 52.3 Å². The van der Waals surface area contributed by atoms with E-state index >= 15 is 0 Å². The Labute approximate surface area is 115 Å². The van der Waals surface area contributed by atoms with Gasteiger partial charge in [0, 0.05) is 0 Å². The van der Waals surface area contributed by atoms with E-state index < -0.39 is 0 Å². The van der Waals surface area contributed by atoms with Crippen LogP contribution in [0.15, 0.2) is 24.3 Å². The van der Waals surface area contributed by atoms with Crippen molar-refractivity contribution in [2.24, 2.45) is 11.7 Å². The maximum atomic E-state index is 12.2. The van der Waals surface area contributed by atoms with Crippen molar-refractivity contribution in [1.29, 1.82) is 0 Å². The minimum absolute atomic E-state index is 0.0828. The molecule has 1 saturated carbocycles. The zero-order valence-corrected chi connectivity index (χ0v) is 11.6. The van der Waals surface area contributed by atoms with Crippen LogP contribution in [0.1, 0.15) is 48.5 Å². The van der Waals surface area contributed by atoms with Crippen molar-refractivity contribution in [1.82, 2.24) is 0 Å². The maximum Gasteiger partial charge on any atom is 0.338 e. The molecule has 0 saturated heterocycles. The third-order valence-corrected chi connectivity index (χ3v) is 3.89. The molecule has 1 aliphatic rings. The number of hydrogen-bond donors (Lipinski definition) is 1. The second-order valence-electron chi connectivity index (χ2n) is 5.44. The van der Waals surface area contributed by atoms with E-state index in [-0.39, 0.29) is 12.1 Å². The molecule has 0 radical (unpaired) electrons. The lowest BCUT2D eigenvalue weighted by Crippen LogP contribution is -2.28. The number of hydrogen-bond acceptors (Lipinski definition) is 3. The van der Waals surface area contributed by atoms with Crippen LogP contribution in [-0.2, 0) is 11.2 Å². The molecule has 0 aromatic heterocycles. The Kier molecular flexibility index (Phi) is 4.97. The molecule has 0 bridgehead atoms. The fraction of sp³-hybridized carbons (Fsp3) is 0.562. The van der Waals surface area contributed by atoms with Gasteiger partial charge in [0.15, 0.2) is 0 Å². The molecule has 0 spiro atoms. The first-order chi connectivity index (χ1) is 9.20. The normalized spacial score (nSPS) is 23.1. The lowest BCUT2D eigenvalue weighted by molar-refractivity contribution is 0.00480. The molecule has 104 valence electrons. The highest BCUT2D eigenvalue weighted by atomic mass is 16.5. The molecule has 1 aliphatic carbocycles. The number of carbonyl (C=O) groups excluding carboxylic acids is 1. The van der Waals surface area contributed by atoms with Gasteiger partial charge >= 0.3 is 5.97 Å². The van der Waals surface area contributed by atoms with Gasteiger partial charge in [-0.05, 0) is 55.8 Å². The number of carbonyl (C=O) groups is 1. The average Bonchev–Trinajstić information content (AvgIpc) is 2.42. The standard InChI is InChI=1S/C16H23NO2/c1-12-5-2-3-8-15(12)19-16(18)14-7-4-6-13(11-14)9-10-17/h4,6-7,11-12,15H,2-3,5,8-10,17H2,1H3. The van der Waals surface area contributed by atoms with Gasteiger partial charge in [0.1, 0.15) is 6.10 Å². The molecule has 2 unspecified atom stereocenters. The van der Waals surface area contributed by atoms with E-state index in [2.05, 4.69) is 6.92 Å². The number of esters is 1. The van der Waals surface area contributed by atoms with Gasteiger partial charge in [-0.1, -0.05) is 25.5 Å². The Morgan fingerprint density at radius 1 is 1.37 bits per heavy atom. The van der Waals surface area contributed by atoms with Crippen LogP contribution < -0.4 is 5.73 Å². The third kappa shape index (κ3) is 3.80. The summed E-state index contributed by atoms with van der Waals surface area (Å²) in [5, 5.41) is 0.